The standard InChI is InChI=1S/C15H20N2O2/c1-11(12-6-4-3-5-7-12)17-14-8-9-16-10-13(14)15(18)19-2/h3-7,11,16-17H,8-10H2,1-2H3. The van der Waals surface area contributed by atoms with Crippen molar-refractivity contribution in [3.05, 3.63) is 47.2 Å². The zero-order chi connectivity index (χ0) is 13.7. The molecule has 102 valence electrons. The zero-order valence-corrected chi connectivity index (χ0v) is 11.4. The summed E-state index contributed by atoms with van der Waals surface area (Å²) in [5, 5.41) is 6.63. The van der Waals surface area contributed by atoms with Crippen LogP contribution in [0.4, 0.5) is 0 Å². The van der Waals surface area contributed by atoms with Crippen molar-refractivity contribution in [1.29, 1.82) is 0 Å². The Morgan fingerprint density at radius 3 is 2.79 bits per heavy atom. The van der Waals surface area contributed by atoms with Crippen LogP contribution in [0.25, 0.3) is 0 Å². The van der Waals surface area contributed by atoms with Gasteiger partial charge in [0.15, 0.2) is 0 Å². The molecule has 1 aliphatic heterocycles. The van der Waals surface area contributed by atoms with Gasteiger partial charge in [0.2, 0.25) is 0 Å². The van der Waals surface area contributed by atoms with Gasteiger partial charge in [0.25, 0.3) is 0 Å². The molecule has 1 unspecified atom stereocenters. The van der Waals surface area contributed by atoms with Gasteiger partial charge in [-0.2, -0.15) is 0 Å². The Balaban J connectivity index is 2.15. The molecule has 0 amide bonds. The Bertz CT molecular complexity index is 468. The fourth-order valence-corrected chi connectivity index (χ4v) is 2.25. The summed E-state index contributed by atoms with van der Waals surface area (Å²) in [5.41, 5.74) is 2.90. The third kappa shape index (κ3) is 3.35. The van der Waals surface area contributed by atoms with E-state index in [0.29, 0.717) is 12.1 Å². The Morgan fingerprint density at radius 2 is 2.11 bits per heavy atom. The highest BCUT2D eigenvalue weighted by atomic mass is 16.5. The molecule has 4 nitrogen and oxygen atoms in total. The minimum Gasteiger partial charge on any atom is -0.466 e. The lowest BCUT2D eigenvalue weighted by atomic mass is 10.0. The van der Waals surface area contributed by atoms with Gasteiger partial charge in [0, 0.05) is 31.2 Å². The van der Waals surface area contributed by atoms with Crippen molar-refractivity contribution in [3.63, 3.8) is 0 Å². The van der Waals surface area contributed by atoms with Gasteiger partial charge in [-0.25, -0.2) is 4.79 Å². The molecule has 0 fully saturated rings. The Labute approximate surface area is 113 Å². The third-order valence-corrected chi connectivity index (χ3v) is 3.34. The van der Waals surface area contributed by atoms with Crippen LogP contribution in [0.3, 0.4) is 0 Å². The van der Waals surface area contributed by atoms with Crippen LogP contribution in [-0.2, 0) is 9.53 Å². The molecular weight excluding hydrogens is 240 g/mol. The lowest BCUT2D eigenvalue weighted by Gasteiger charge is -2.24. The second-order valence-corrected chi connectivity index (χ2v) is 4.65. The fourth-order valence-electron chi connectivity index (χ4n) is 2.25. The van der Waals surface area contributed by atoms with Crippen molar-refractivity contribution in [2.24, 2.45) is 0 Å². The van der Waals surface area contributed by atoms with Crippen LogP contribution in [0, 0.1) is 0 Å². The lowest BCUT2D eigenvalue weighted by molar-refractivity contribution is -0.136. The van der Waals surface area contributed by atoms with Crippen molar-refractivity contribution in [3.8, 4) is 0 Å². The van der Waals surface area contributed by atoms with Crippen LogP contribution >= 0.6 is 0 Å². The Kier molecular flexibility index (Phi) is 4.58. The summed E-state index contributed by atoms with van der Waals surface area (Å²) in [6.45, 7) is 3.54. The van der Waals surface area contributed by atoms with Crippen molar-refractivity contribution in [2.45, 2.75) is 19.4 Å². The molecule has 1 aliphatic rings. The quantitative estimate of drug-likeness (QED) is 0.810. The van der Waals surface area contributed by atoms with Gasteiger partial charge in [0.1, 0.15) is 0 Å². The van der Waals surface area contributed by atoms with E-state index in [9.17, 15) is 4.79 Å². The SMILES string of the molecule is COC(=O)C1=C(NC(C)c2ccccc2)CCNC1. The number of hydrogen-bond acceptors (Lipinski definition) is 4. The zero-order valence-electron chi connectivity index (χ0n) is 11.4. The molecule has 1 aromatic carbocycles. The Morgan fingerprint density at radius 1 is 1.37 bits per heavy atom. The molecule has 0 saturated heterocycles. The predicted molar refractivity (Wildman–Crippen MR) is 74.5 cm³/mol. The number of carbonyl (C=O) groups is 1. The minimum absolute atomic E-state index is 0.175. The van der Waals surface area contributed by atoms with E-state index in [2.05, 4.69) is 29.7 Å². The average molecular weight is 260 g/mol. The van der Waals surface area contributed by atoms with Gasteiger partial charge in [-0.1, -0.05) is 30.3 Å². The molecule has 0 saturated carbocycles. The molecule has 2 rings (SSSR count). The first-order valence-electron chi connectivity index (χ1n) is 6.55. The van der Waals surface area contributed by atoms with Crippen LogP contribution < -0.4 is 10.6 Å². The summed E-state index contributed by atoms with van der Waals surface area (Å²) in [5.74, 6) is -0.255. The number of benzene rings is 1. The molecule has 0 aromatic heterocycles. The first-order chi connectivity index (χ1) is 9.22. The summed E-state index contributed by atoms with van der Waals surface area (Å²) >= 11 is 0. The normalized spacial score (nSPS) is 16.9. The van der Waals surface area contributed by atoms with Gasteiger partial charge >= 0.3 is 5.97 Å². The summed E-state index contributed by atoms with van der Waals surface area (Å²) in [4.78, 5) is 11.7. The second-order valence-electron chi connectivity index (χ2n) is 4.65. The van der Waals surface area contributed by atoms with Crippen LogP contribution in [-0.4, -0.2) is 26.2 Å². The number of hydrogen-bond donors (Lipinski definition) is 2. The average Bonchev–Trinajstić information content (AvgIpc) is 2.48. The van der Waals surface area contributed by atoms with Crippen LogP contribution in [0.2, 0.25) is 0 Å². The van der Waals surface area contributed by atoms with Gasteiger partial charge in [-0.3, -0.25) is 0 Å². The highest BCUT2D eigenvalue weighted by Gasteiger charge is 2.20. The molecule has 1 atom stereocenters. The number of ether oxygens (including phenoxy) is 1. The molecule has 1 heterocycles. The summed E-state index contributed by atoms with van der Waals surface area (Å²) in [6, 6.07) is 10.4. The highest BCUT2D eigenvalue weighted by molar-refractivity contribution is 5.89. The maximum atomic E-state index is 11.7. The second kappa shape index (κ2) is 6.38. The van der Waals surface area contributed by atoms with E-state index in [1.165, 1.54) is 12.7 Å². The molecule has 0 radical (unpaired) electrons. The van der Waals surface area contributed by atoms with Crippen molar-refractivity contribution < 1.29 is 9.53 Å². The molecule has 0 spiro atoms. The van der Waals surface area contributed by atoms with E-state index in [-0.39, 0.29) is 12.0 Å². The van der Waals surface area contributed by atoms with Crippen molar-refractivity contribution in [2.75, 3.05) is 20.2 Å². The van der Waals surface area contributed by atoms with Gasteiger partial charge in [-0.15, -0.1) is 0 Å². The summed E-state index contributed by atoms with van der Waals surface area (Å²) < 4.78 is 4.83. The molecular formula is C15H20N2O2. The van der Waals surface area contributed by atoms with Crippen molar-refractivity contribution in [1.82, 2.24) is 10.6 Å². The molecule has 0 aliphatic carbocycles. The van der Waals surface area contributed by atoms with Crippen LogP contribution in [0.15, 0.2) is 41.6 Å². The van der Waals surface area contributed by atoms with Crippen LogP contribution in [0.1, 0.15) is 24.9 Å². The molecule has 4 heteroatoms. The fraction of sp³-hybridized carbons (Fsp3) is 0.400. The lowest BCUT2D eigenvalue weighted by Crippen LogP contribution is -2.34. The maximum Gasteiger partial charge on any atom is 0.336 e. The molecule has 2 N–H and O–H groups in total. The number of rotatable bonds is 4. The van der Waals surface area contributed by atoms with E-state index in [4.69, 9.17) is 4.74 Å². The van der Waals surface area contributed by atoms with E-state index in [1.54, 1.807) is 0 Å². The Hall–Kier alpha value is -1.81. The highest BCUT2D eigenvalue weighted by Crippen LogP contribution is 2.18. The maximum absolute atomic E-state index is 11.7. The minimum atomic E-state index is -0.255. The first-order valence-corrected chi connectivity index (χ1v) is 6.55. The molecule has 0 bridgehead atoms. The van der Waals surface area contributed by atoms with Crippen molar-refractivity contribution >= 4 is 5.97 Å². The first kappa shape index (κ1) is 13.6. The third-order valence-electron chi connectivity index (χ3n) is 3.34. The van der Waals surface area contributed by atoms with E-state index < -0.39 is 0 Å². The molecule has 1 aromatic rings. The van der Waals surface area contributed by atoms with E-state index >= 15 is 0 Å². The monoisotopic (exact) mass is 260 g/mol. The van der Waals surface area contributed by atoms with Gasteiger partial charge in [-0.05, 0) is 12.5 Å². The summed E-state index contributed by atoms with van der Waals surface area (Å²) in [6.07, 6.45) is 0.821. The number of methoxy groups -OCH3 is 1. The van der Waals surface area contributed by atoms with Crippen LogP contribution in [0.5, 0.6) is 0 Å². The van der Waals surface area contributed by atoms with E-state index in [0.717, 1.165) is 18.7 Å². The molecule has 19 heavy (non-hydrogen) atoms. The van der Waals surface area contributed by atoms with Gasteiger partial charge < -0.3 is 15.4 Å². The predicted octanol–water partition coefficient (Wildman–Crippen LogP) is 1.76. The topological polar surface area (TPSA) is 50.4 Å². The largest absolute Gasteiger partial charge is 0.466 e. The smallest absolute Gasteiger partial charge is 0.336 e. The number of carbonyl (C=O) groups excluding carboxylic acids is 1. The van der Waals surface area contributed by atoms with Gasteiger partial charge in [0.05, 0.1) is 12.7 Å². The number of esters is 1. The number of nitrogens with one attached hydrogen (secondary N) is 2. The van der Waals surface area contributed by atoms with E-state index in [1.807, 2.05) is 18.2 Å². The summed E-state index contributed by atoms with van der Waals surface area (Å²) in [7, 11) is 1.42.